The Balaban J connectivity index is 2.14. The molecule has 1 atom stereocenters. The van der Waals surface area contributed by atoms with Gasteiger partial charge in [-0.15, -0.1) is 11.3 Å². The smallest absolute Gasteiger partial charge is 0.223 e. The summed E-state index contributed by atoms with van der Waals surface area (Å²) < 4.78 is 0. The number of rotatable bonds is 1. The lowest BCUT2D eigenvalue weighted by molar-refractivity contribution is 0.659. The van der Waals surface area contributed by atoms with Crippen molar-refractivity contribution in [1.29, 1.82) is 0 Å². The molecule has 5 heteroatoms. The molecule has 17 heavy (non-hydrogen) atoms. The topological polar surface area (TPSA) is 55.0 Å². The van der Waals surface area contributed by atoms with Crippen molar-refractivity contribution < 1.29 is 0 Å². The van der Waals surface area contributed by atoms with Gasteiger partial charge in [-0.1, -0.05) is 6.92 Å². The van der Waals surface area contributed by atoms with E-state index in [1.54, 1.807) is 11.3 Å². The van der Waals surface area contributed by atoms with E-state index in [1.165, 1.54) is 11.3 Å². The number of anilines is 2. The minimum absolute atomic E-state index is 0.383. The van der Waals surface area contributed by atoms with Crippen molar-refractivity contribution in [3.63, 3.8) is 0 Å². The maximum absolute atomic E-state index is 5.79. The van der Waals surface area contributed by atoms with E-state index in [0.29, 0.717) is 5.95 Å². The Morgan fingerprint density at radius 2 is 2.29 bits per heavy atom. The predicted molar refractivity (Wildman–Crippen MR) is 72.6 cm³/mol. The number of nitrogens with two attached hydrogens (primary N) is 1. The fourth-order valence-electron chi connectivity index (χ4n) is 2.41. The SMILES string of the molecule is Cc1cc2c(N3CCC(C)C3)nc(N)nc2s1. The largest absolute Gasteiger partial charge is 0.368 e. The number of thiophene rings is 1. The molecule has 0 spiro atoms. The summed E-state index contributed by atoms with van der Waals surface area (Å²) in [5.74, 6) is 2.14. The van der Waals surface area contributed by atoms with Gasteiger partial charge in [0.2, 0.25) is 5.95 Å². The van der Waals surface area contributed by atoms with Crippen molar-refractivity contribution in [3.05, 3.63) is 10.9 Å². The molecule has 2 aromatic rings. The van der Waals surface area contributed by atoms with Crippen molar-refractivity contribution in [3.8, 4) is 0 Å². The molecule has 0 amide bonds. The van der Waals surface area contributed by atoms with Gasteiger partial charge in [-0.05, 0) is 25.3 Å². The molecule has 1 aliphatic heterocycles. The second-order valence-corrected chi connectivity index (χ2v) is 6.06. The average Bonchev–Trinajstić information content (AvgIpc) is 2.82. The molecule has 1 aliphatic rings. The predicted octanol–water partition coefficient (Wildman–Crippen LogP) is 2.43. The highest BCUT2D eigenvalue weighted by Gasteiger charge is 2.22. The number of aryl methyl sites for hydroxylation is 1. The molecule has 0 radical (unpaired) electrons. The fraction of sp³-hybridized carbons (Fsp3) is 0.500. The molecule has 0 saturated carbocycles. The third-order valence-electron chi connectivity index (χ3n) is 3.24. The van der Waals surface area contributed by atoms with Crippen LogP contribution in [0.3, 0.4) is 0 Å². The van der Waals surface area contributed by atoms with Crippen LogP contribution in [0.4, 0.5) is 11.8 Å². The number of hydrogen-bond acceptors (Lipinski definition) is 5. The maximum atomic E-state index is 5.79. The van der Waals surface area contributed by atoms with Crippen molar-refractivity contribution in [2.24, 2.45) is 5.92 Å². The van der Waals surface area contributed by atoms with Crippen LogP contribution in [-0.4, -0.2) is 23.1 Å². The monoisotopic (exact) mass is 248 g/mol. The number of hydrogen-bond donors (Lipinski definition) is 1. The van der Waals surface area contributed by atoms with Crippen molar-refractivity contribution in [1.82, 2.24) is 9.97 Å². The highest BCUT2D eigenvalue weighted by Crippen LogP contribution is 2.33. The van der Waals surface area contributed by atoms with E-state index in [1.807, 2.05) is 0 Å². The van der Waals surface area contributed by atoms with Crippen LogP contribution >= 0.6 is 11.3 Å². The minimum atomic E-state index is 0.383. The van der Waals surface area contributed by atoms with Crippen LogP contribution in [0.15, 0.2) is 6.07 Å². The summed E-state index contributed by atoms with van der Waals surface area (Å²) >= 11 is 1.68. The third-order valence-corrected chi connectivity index (χ3v) is 4.18. The highest BCUT2D eigenvalue weighted by atomic mass is 32.1. The summed E-state index contributed by atoms with van der Waals surface area (Å²) in [5, 5.41) is 1.15. The van der Waals surface area contributed by atoms with Gasteiger partial charge in [-0.25, -0.2) is 4.98 Å². The third kappa shape index (κ3) is 1.84. The van der Waals surface area contributed by atoms with E-state index in [2.05, 4.69) is 34.8 Å². The molecule has 1 saturated heterocycles. The molecule has 0 aromatic carbocycles. The van der Waals surface area contributed by atoms with E-state index >= 15 is 0 Å². The summed E-state index contributed by atoms with van der Waals surface area (Å²) in [7, 11) is 0. The summed E-state index contributed by atoms with van der Waals surface area (Å²) in [6, 6.07) is 2.16. The Bertz CT molecular complexity index is 563. The standard InChI is InChI=1S/C12H16N4S/c1-7-3-4-16(6-7)10-9-5-8(2)17-11(9)15-12(13)14-10/h5,7H,3-4,6H2,1-2H3,(H2,13,14,15). The van der Waals surface area contributed by atoms with Gasteiger partial charge in [0, 0.05) is 18.0 Å². The molecule has 1 fully saturated rings. The van der Waals surface area contributed by atoms with Crippen LogP contribution in [0.1, 0.15) is 18.2 Å². The van der Waals surface area contributed by atoms with Crippen LogP contribution in [-0.2, 0) is 0 Å². The van der Waals surface area contributed by atoms with E-state index in [9.17, 15) is 0 Å². The van der Waals surface area contributed by atoms with E-state index in [0.717, 1.165) is 35.0 Å². The Hall–Kier alpha value is -1.36. The first-order chi connectivity index (χ1) is 8.13. The molecular formula is C12H16N4S. The lowest BCUT2D eigenvalue weighted by atomic mass is 10.2. The number of fused-ring (bicyclic) bond motifs is 1. The summed E-state index contributed by atoms with van der Waals surface area (Å²) in [4.78, 5) is 13.3. The van der Waals surface area contributed by atoms with Gasteiger partial charge in [-0.3, -0.25) is 0 Å². The molecule has 0 aliphatic carbocycles. The molecule has 0 bridgehead atoms. The van der Waals surface area contributed by atoms with Crippen LogP contribution < -0.4 is 10.6 Å². The Labute approximate surface area is 104 Å². The van der Waals surface area contributed by atoms with Crippen molar-refractivity contribution >= 4 is 33.3 Å². The Morgan fingerprint density at radius 3 is 3.00 bits per heavy atom. The second kappa shape index (κ2) is 3.84. The molecule has 4 nitrogen and oxygen atoms in total. The lowest BCUT2D eigenvalue weighted by Gasteiger charge is -2.17. The van der Waals surface area contributed by atoms with E-state index < -0.39 is 0 Å². The van der Waals surface area contributed by atoms with Crippen LogP contribution in [0.5, 0.6) is 0 Å². The quantitative estimate of drug-likeness (QED) is 0.842. The molecule has 2 N–H and O–H groups in total. The zero-order chi connectivity index (χ0) is 12.0. The van der Waals surface area contributed by atoms with Crippen LogP contribution in [0.25, 0.3) is 10.2 Å². The summed E-state index contributed by atoms with van der Waals surface area (Å²) in [6.45, 7) is 6.52. The van der Waals surface area contributed by atoms with Gasteiger partial charge in [-0.2, -0.15) is 4.98 Å². The Morgan fingerprint density at radius 1 is 1.47 bits per heavy atom. The molecule has 1 unspecified atom stereocenters. The van der Waals surface area contributed by atoms with Crippen LogP contribution in [0.2, 0.25) is 0 Å². The second-order valence-electron chi connectivity index (χ2n) is 4.82. The molecule has 3 rings (SSSR count). The van der Waals surface area contributed by atoms with Gasteiger partial charge in [0.25, 0.3) is 0 Å². The minimum Gasteiger partial charge on any atom is -0.368 e. The molecule has 3 heterocycles. The highest BCUT2D eigenvalue weighted by molar-refractivity contribution is 7.18. The number of nitrogens with zero attached hydrogens (tertiary/aromatic N) is 3. The van der Waals surface area contributed by atoms with Gasteiger partial charge in [0.1, 0.15) is 10.6 Å². The van der Waals surface area contributed by atoms with Gasteiger partial charge in [0.05, 0.1) is 5.39 Å². The number of aromatic nitrogens is 2. The lowest BCUT2D eigenvalue weighted by Crippen LogP contribution is -2.21. The van der Waals surface area contributed by atoms with Crippen LogP contribution in [0, 0.1) is 12.8 Å². The van der Waals surface area contributed by atoms with Crippen molar-refractivity contribution in [2.75, 3.05) is 23.7 Å². The summed E-state index contributed by atoms with van der Waals surface area (Å²) in [6.07, 6.45) is 1.23. The Kier molecular flexibility index (Phi) is 2.43. The zero-order valence-electron chi connectivity index (χ0n) is 10.1. The van der Waals surface area contributed by atoms with E-state index in [-0.39, 0.29) is 0 Å². The normalized spacial score (nSPS) is 20.4. The molecule has 2 aromatic heterocycles. The van der Waals surface area contributed by atoms with Gasteiger partial charge >= 0.3 is 0 Å². The first-order valence-electron chi connectivity index (χ1n) is 5.92. The maximum Gasteiger partial charge on any atom is 0.223 e. The average molecular weight is 248 g/mol. The first kappa shape index (κ1) is 10.8. The molecular weight excluding hydrogens is 232 g/mol. The zero-order valence-corrected chi connectivity index (χ0v) is 10.9. The fourth-order valence-corrected chi connectivity index (χ4v) is 3.29. The van der Waals surface area contributed by atoms with Gasteiger partial charge < -0.3 is 10.6 Å². The summed E-state index contributed by atoms with van der Waals surface area (Å²) in [5.41, 5.74) is 5.79. The van der Waals surface area contributed by atoms with Gasteiger partial charge in [0.15, 0.2) is 0 Å². The van der Waals surface area contributed by atoms with E-state index in [4.69, 9.17) is 5.73 Å². The van der Waals surface area contributed by atoms with Crippen molar-refractivity contribution in [2.45, 2.75) is 20.3 Å². The number of nitrogen functional groups attached to an aromatic ring is 1. The first-order valence-corrected chi connectivity index (χ1v) is 6.74. The molecule has 90 valence electrons.